The summed E-state index contributed by atoms with van der Waals surface area (Å²) in [6.07, 6.45) is 0. The summed E-state index contributed by atoms with van der Waals surface area (Å²) in [5, 5.41) is 20.0. The first kappa shape index (κ1) is 14.6. The monoisotopic (exact) mass is 272 g/mol. The predicted octanol–water partition coefficient (Wildman–Crippen LogP) is 1.47. The first-order valence-corrected chi connectivity index (χ1v) is 6.41. The fourth-order valence-electron chi connectivity index (χ4n) is 2.06. The van der Waals surface area contributed by atoms with Crippen molar-refractivity contribution in [2.75, 3.05) is 0 Å². The van der Waals surface area contributed by atoms with Crippen molar-refractivity contribution in [2.24, 2.45) is 0 Å². The van der Waals surface area contributed by atoms with Gasteiger partial charge >= 0.3 is 13.1 Å². The van der Waals surface area contributed by atoms with Gasteiger partial charge in [0, 0.05) is 0 Å². The summed E-state index contributed by atoms with van der Waals surface area (Å²) >= 11 is 0. The van der Waals surface area contributed by atoms with Crippen LogP contribution in [0.1, 0.15) is 31.1 Å². The van der Waals surface area contributed by atoms with Crippen molar-refractivity contribution in [3.63, 3.8) is 0 Å². The molecule has 0 atom stereocenters. The molecule has 2 aromatic rings. The van der Waals surface area contributed by atoms with E-state index in [0.29, 0.717) is 21.8 Å². The summed E-state index contributed by atoms with van der Waals surface area (Å²) in [7, 11) is -1.58. The molecule has 104 valence electrons. The van der Waals surface area contributed by atoms with Crippen LogP contribution in [0.15, 0.2) is 36.4 Å². The number of carbonyl (C=O) groups excluding carboxylic acids is 1. The molecule has 0 unspecified atom stereocenters. The van der Waals surface area contributed by atoms with Crippen LogP contribution in [0.4, 0.5) is 0 Å². The summed E-state index contributed by atoms with van der Waals surface area (Å²) in [5.41, 5.74) is 0.209. The zero-order chi connectivity index (χ0) is 14.9. The van der Waals surface area contributed by atoms with Gasteiger partial charge in [-0.15, -0.1) is 0 Å². The van der Waals surface area contributed by atoms with Crippen molar-refractivity contribution in [3.8, 4) is 0 Å². The fourth-order valence-corrected chi connectivity index (χ4v) is 2.06. The molecule has 20 heavy (non-hydrogen) atoms. The highest BCUT2D eigenvalue weighted by Crippen LogP contribution is 2.20. The molecule has 0 saturated heterocycles. The minimum Gasteiger partial charge on any atom is -0.456 e. The van der Waals surface area contributed by atoms with Gasteiger partial charge in [-0.25, -0.2) is 4.79 Å². The molecule has 0 amide bonds. The van der Waals surface area contributed by atoms with Crippen LogP contribution in [0.5, 0.6) is 0 Å². The van der Waals surface area contributed by atoms with Crippen molar-refractivity contribution >= 4 is 29.3 Å². The average molecular weight is 272 g/mol. The standard InChI is InChI=1S/C15H17BO4/c1-15(2,3)20-14(17)12-8-9-13(16(18)19)11-7-5-4-6-10(11)12/h4-9,18-19H,1-3H3. The van der Waals surface area contributed by atoms with Crippen molar-refractivity contribution in [2.45, 2.75) is 26.4 Å². The van der Waals surface area contributed by atoms with Gasteiger partial charge < -0.3 is 14.8 Å². The average Bonchev–Trinajstić information content (AvgIpc) is 2.35. The lowest BCUT2D eigenvalue weighted by atomic mass is 9.76. The Hall–Kier alpha value is -1.85. The third-order valence-electron chi connectivity index (χ3n) is 2.85. The lowest BCUT2D eigenvalue weighted by molar-refractivity contribution is 0.00718. The van der Waals surface area contributed by atoms with Gasteiger partial charge in [0.1, 0.15) is 5.60 Å². The van der Waals surface area contributed by atoms with E-state index in [1.54, 1.807) is 51.1 Å². The Bertz CT molecular complexity index is 644. The van der Waals surface area contributed by atoms with E-state index < -0.39 is 18.7 Å². The van der Waals surface area contributed by atoms with Gasteiger partial charge in [0.05, 0.1) is 5.56 Å². The van der Waals surface area contributed by atoms with E-state index in [9.17, 15) is 14.8 Å². The van der Waals surface area contributed by atoms with Crippen LogP contribution < -0.4 is 5.46 Å². The molecular formula is C15H17BO4. The van der Waals surface area contributed by atoms with Crippen molar-refractivity contribution in [3.05, 3.63) is 42.0 Å². The topological polar surface area (TPSA) is 66.8 Å². The highest BCUT2D eigenvalue weighted by atomic mass is 16.6. The number of hydrogen-bond donors (Lipinski definition) is 2. The Morgan fingerprint density at radius 3 is 2.20 bits per heavy atom. The number of ether oxygens (including phenoxy) is 1. The molecule has 0 aliphatic rings. The van der Waals surface area contributed by atoms with E-state index in [4.69, 9.17) is 4.74 Å². The van der Waals surface area contributed by atoms with E-state index in [-0.39, 0.29) is 0 Å². The highest BCUT2D eigenvalue weighted by molar-refractivity contribution is 6.62. The first-order chi connectivity index (χ1) is 9.29. The highest BCUT2D eigenvalue weighted by Gasteiger charge is 2.22. The minimum absolute atomic E-state index is 0.368. The van der Waals surface area contributed by atoms with Crippen molar-refractivity contribution < 1.29 is 19.6 Å². The molecule has 0 aromatic heterocycles. The molecule has 0 saturated carbocycles. The quantitative estimate of drug-likeness (QED) is 0.642. The molecule has 0 spiro atoms. The van der Waals surface area contributed by atoms with Gasteiger partial charge in [-0.3, -0.25) is 0 Å². The van der Waals surface area contributed by atoms with E-state index >= 15 is 0 Å². The molecule has 2 rings (SSSR count). The second-order valence-corrected chi connectivity index (χ2v) is 5.62. The van der Waals surface area contributed by atoms with Gasteiger partial charge in [0.15, 0.2) is 0 Å². The predicted molar refractivity (Wildman–Crippen MR) is 78.9 cm³/mol. The fraction of sp³-hybridized carbons (Fsp3) is 0.267. The molecule has 0 heterocycles. The normalized spacial score (nSPS) is 11.4. The molecule has 0 fully saturated rings. The lowest BCUT2D eigenvalue weighted by Crippen LogP contribution is -2.31. The van der Waals surface area contributed by atoms with E-state index in [2.05, 4.69) is 0 Å². The van der Waals surface area contributed by atoms with Gasteiger partial charge in [-0.2, -0.15) is 0 Å². The molecule has 4 nitrogen and oxygen atoms in total. The van der Waals surface area contributed by atoms with Gasteiger partial charge in [0.25, 0.3) is 0 Å². The Balaban J connectivity index is 2.56. The Morgan fingerprint density at radius 2 is 1.65 bits per heavy atom. The minimum atomic E-state index is -1.58. The molecule has 0 bridgehead atoms. The van der Waals surface area contributed by atoms with Crippen LogP contribution in [0.2, 0.25) is 0 Å². The van der Waals surface area contributed by atoms with Gasteiger partial charge in [0.2, 0.25) is 0 Å². The summed E-state index contributed by atoms with van der Waals surface area (Å²) in [5.74, 6) is -0.423. The Labute approximate surface area is 118 Å². The smallest absolute Gasteiger partial charge is 0.456 e. The summed E-state index contributed by atoms with van der Waals surface area (Å²) in [6.45, 7) is 5.41. The zero-order valence-electron chi connectivity index (χ0n) is 11.8. The number of hydrogen-bond acceptors (Lipinski definition) is 4. The van der Waals surface area contributed by atoms with Crippen molar-refractivity contribution in [1.82, 2.24) is 0 Å². The maximum atomic E-state index is 12.2. The SMILES string of the molecule is CC(C)(C)OC(=O)c1ccc(B(O)O)c2ccccc12. The van der Waals surface area contributed by atoms with Gasteiger partial charge in [-0.05, 0) is 43.1 Å². The lowest BCUT2D eigenvalue weighted by Gasteiger charge is -2.20. The molecular weight excluding hydrogens is 255 g/mol. The van der Waals surface area contributed by atoms with Crippen LogP contribution in [-0.4, -0.2) is 28.7 Å². The number of fused-ring (bicyclic) bond motifs is 1. The van der Waals surface area contributed by atoms with Crippen molar-refractivity contribution in [1.29, 1.82) is 0 Å². The van der Waals surface area contributed by atoms with Crippen LogP contribution in [0, 0.1) is 0 Å². The summed E-state index contributed by atoms with van der Waals surface area (Å²) < 4.78 is 5.37. The first-order valence-electron chi connectivity index (χ1n) is 6.41. The zero-order valence-corrected chi connectivity index (χ0v) is 11.8. The maximum Gasteiger partial charge on any atom is 0.489 e. The summed E-state index contributed by atoms with van der Waals surface area (Å²) in [6, 6.07) is 10.2. The third-order valence-corrected chi connectivity index (χ3v) is 2.85. The second-order valence-electron chi connectivity index (χ2n) is 5.62. The molecule has 2 N–H and O–H groups in total. The van der Waals surface area contributed by atoms with E-state index in [1.165, 1.54) is 6.07 Å². The van der Waals surface area contributed by atoms with E-state index in [0.717, 1.165) is 0 Å². The van der Waals surface area contributed by atoms with Crippen LogP contribution in [-0.2, 0) is 4.74 Å². The molecule has 2 aromatic carbocycles. The maximum absolute atomic E-state index is 12.2. The Kier molecular flexibility index (Phi) is 3.83. The van der Waals surface area contributed by atoms with Crippen LogP contribution >= 0.6 is 0 Å². The van der Waals surface area contributed by atoms with Gasteiger partial charge in [-0.1, -0.05) is 30.3 Å². The second kappa shape index (κ2) is 5.27. The molecule has 0 radical (unpaired) electrons. The van der Waals surface area contributed by atoms with E-state index in [1.807, 2.05) is 0 Å². The Morgan fingerprint density at radius 1 is 1.05 bits per heavy atom. The van der Waals surface area contributed by atoms with Crippen LogP contribution in [0.25, 0.3) is 10.8 Å². The molecule has 0 aliphatic heterocycles. The summed E-state index contributed by atoms with van der Waals surface area (Å²) in [4.78, 5) is 12.2. The largest absolute Gasteiger partial charge is 0.489 e. The molecule has 5 heteroatoms. The third kappa shape index (κ3) is 3.00. The molecule has 0 aliphatic carbocycles. The van der Waals surface area contributed by atoms with Crippen LogP contribution in [0.3, 0.4) is 0 Å². The number of esters is 1. The number of benzene rings is 2. The number of rotatable bonds is 2. The number of carbonyl (C=O) groups is 1.